The molecule has 25 heavy (non-hydrogen) atoms. The van der Waals surface area contributed by atoms with Gasteiger partial charge in [0.25, 0.3) is 0 Å². The summed E-state index contributed by atoms with van der Waals surface area (Å²) in [6, 6.07) is 0. The fourth-order valence-corrected chi connectivity index (χ4v) is 1.68. The molecule has 0 saturated heterocycles. The number of nitrogens with two attached hydrogens (primary N) is 1. The molecule has 0 spiro atoms. The first-order valence-electron chi connectivity index (χ1n) is 7.89. The van der Waals surface area contributed by atoms with Crippen molar-refractivity contribution in [3.05, 3.63) is 0 Å². The van der Waals surface area contributed by atoms with E-state index in [4.69, 9.17) is 32.2 Å². The first kappa shape index (κ1) is 23.1. The molecule has 0 radical (unpaired) electrons. The molecule has 0 aromatic heterocycles. The molecular formula is C16H29N3O5S. The number of hydrogen-bond acceptors (Lipinski definition) is 6. The number of nitrogens with zero attached hydrogens (tertiary/aromatic N) is 2. The molecule has 0 aromatic rings. The number of amides is 2. The molecule has 144 valence electrons. The second-order valence-electron chi connectivity index (χ2n) is 7.26. The Morgan fingerprint density at radius 3 is 2.04 bits per heavy atom. The van der Waals surface area contributed by atoms with Crippen LogP contribution in [-0.2, 0) is 14.2 Å². The SMILES string of the molecule is COC(=S)CCCN(C(=O)OC(C)(C)C)C(N)=NC(=O)OC(C)(C)C. The van der Waals surface area contributed by atoms with Crippen molar-refractivity contribution >= 4 is 35.4 Å². The number of carbonyl (C=O) groups excluding carboxylic acids is 2. The topological polar surface area (TPSA) is 103 Å². The van der Waals surface area contributed by atoms with E-state index in [-0.39, 0.29) is 12.5 Å². The normalized spacial score (nSPS) is 12.4. The Morgan fingerprint density at radius 2 is 1.60 bits per heavy atom. The average molecular weight is 375 g/mol. The van der Waals surface area contributed by atoms with Crippen LogP contribution in [0.1, 0.15) is 54.4 Å². The second kappa shape index (κ2) is 9.55. The van der Waals surface area contributed by atoms with E-state index in [1.54, 1.807) is 41.5 Å². The minimum Gasteiger partial charge on any atom is -0.490 e. The van der Waals surface area contributed by atoms with E-state index in [0.717, 1.165) is 4.90 Å². The summed E-state index contributed by atoms with van der Waals surface area (Å²) in [4.78, 5) is 28.8. The summed E-state index contributed by atoms with van der Waals surface area (Å²) >= 11 is 4.96. The van der Waals surface area contributed by atoms with Crippen molar-refractivity contribution in [3.8, 4) is 0 Å². The molecule has 0 aliphatic rings. The summed E-state index contributed by atoms with van der Waals surface area (Å²) < 4.78 is 15.3. The van der Waals surface area contributed by atoms with Gasteiger partial charge in [-0.05, 0) is 60.2 Å². The number of carbonyl (C=O) groups is 2. The Hall–Kier alpha value is -1.90. The van der Waals surface area contributed by atoms with Gasteiger partial charge in [0.1, 0.15) is 11.2 Å². The third kappa shape index (κ3) is 11.3. The van der Waals surface area contributed by atoms with E-state index in [9.17, 15) is 9.59 Å². The van der Waals surface area contributed by atoms with Gasteiger partial charge in [0, 0.05) is 13.0 Å². The highest BCUT2D eigenvalue weighted by Crippen LogP contribution is 2.12. The Labute approximate surface area is 154 Å². The molecule has 0 heterocycles. The molecule has 9 heteroatoms. The number of hydrogen-bond donors (Lipinski definition) is 1. The number of rotatable bonds is 4. The van der Waals surface area contributed by atoms with Gasteiger partial charge < -0.3 is 19.9 Å². The quantitative estimate of drug-likeness (QED) is 0.457. The van der Waals surface area contributed by atoms with E-state index in [2.05, 4.69) is 4.99 Å². The van der Waals surface area contributed by atoms with E-state index in [1.807, 2.05) is 0 Å². The maximum atomic E-state index is 12.3. The maximum absolute atomic E-state index is 12.3. The molecule has 0 aliphatic heterocycles. The van der Waals surface area contributed by atoms with Gasteiger partial charge in [0.2, 0.25) is 5.96 Å². The monoisotopic (exact) mass is 375 g/mol. The Bertz CT molecular complexity index is 521. The smallest absolute Gasteiger partial charge is 0.437 e. The Balaban J connectivity index is 5.17. The van der Waals surface area contributed by atoms with E-state index >= 15 is 0 Å². The van der Waals surface area contributed by atoms with Crippen LogP contribution in [0.5, 0.6) is 0 Å². The number of guanidine groups is 1. The van der Waals surface area contributed by atoms with Crippen LogP contribution in [0, 0.1) is 0 Å². The van der Waals surface area contributed by atoms with Crippen molar-refractivity contribution in [2.45, 2.75) is 65.6 Å². The first-order chi connectivity index (χ1) is 11.2. The van der Waals surface area contributed by atoms with Gasteiger partial charge in [-0.1, -0.05) is 0 Å². The molecule has 2 N–H and O–H groups in total. The van der Waals surface area contributed by atoms with E-state index < -0.39 is 23.4 Å². The van der Waals surface area contributed by atoms with Gasteiger partial charge in [-0.15, -0.1) is 4.99 Å². The summed E-state index contributed by atoms with van der Waals surface area (Å²) in [6.07, 6.45) is -0.673. The first-order valence-corrected chi connectivity index (χ1v) is 8.30. The van der Waals surface area contributed by atoms with Crippen molar-refractivity contribution in [2.24, 2.45) is 10.7 Å². The van der Waals surface area contributed by atoms with Crippen LogP contribution in [-0.4, -0.2) is 53.0 Å². The fraction of sp³-hybridized carbons (Fsp3) is 0.750. The lowest BCUT2D eigenvalue weighted by Gasteiger charge is -2.26. The van der Waals surface area contributed by atoms with Gasteiger partial charge in [0.05, 0.1) is 7.11 Å². The van der Waals surface area contributed by atoms with Crippen LogP contribution >= 0.6 is 12.2 Å². The third-order valence-corrected chi connectivity index (χ3v) is 2.85. The predicted molar refractivity (Wildman–Crippen MR) is 99.6 cm³/mol. The van der Waals surface area contributed by atoms with Gasteiger partial charge in [0.15, 0.2) is 5.05 Å². The second-order valence-corrected chi connectivity index (χ2v) is 7.72. The van der Waals surface area contributed by atoms with Crippen molar-refractivity contribution in [1.29, 1.82) is 0 Å². The van der Waals surface area contributed by atoms with Crippen LogP contribution in [0.2, 0.25) is 0 Å². The molecule has 0 unspecified atom stereocenters. The molecule has 8 nitrogen and oxygen atoms in total. The van der Waals surface area contributed by atoms with Crippen LogP contribution in [0.3, 0.4) is 0 Å². The van der Waals surface area contributed by atoms with E-state index in [1.165, 1.54) is 7.11 Å². The van der Waals surface area contributed by atoms with Crippen molar-refractivity contribution < 1.29 is 23.8 Å². The van der Waals surface area contributed by atoms with Crippen LogP contribution in [0.15, 0.2) is 4.99 Å². The van der Waals surface area contributed by atoms with E-state index in [0.29, 0.717) is 17.9 Å². The molecule has 0 aliphatic carbocycles. The van der Waals surface area contributed by atoms with Gasteiger partial charge >= 0.3 is 12.2 Å². The van der Waals surface area contributed by atoms with Gasteiger partial charge in [-0.2, -0.15) is 0 Å². The summed E-state index contributed by atoms with van der Waals surface area (Å²) in [6.45, 7) is 10.4. The molecule has 0 fully saturated rings. The van der Waals surface area contributed by atoms with Crippen LogP contribution < -0.4 is 5.73 Å². The Morgan fingerprint density at radius 1 is 1.08 bits per heavy atom. The molecular weight excluding hydrogens is 346 g/mol. The molecule has 0 rings (SSSR count). The zero-order chi connectivity index (χ0) is 19.8. The standard InChI is InChI=1S/C16H29N3O5S/c1-15(2,3)23-13(20)18-12(17)19(10-8-9-11(25)22-7)14(21)24-16(4,5)6/h8-10H2,1-7H3,(H2,17,18,20). The summed E-state index contributed by atoms with van der Waals surface area (Å²) in [5.74, 6) is -0.299. The number of ether oxygens (including phenoxy) is 3. The number of thiocarbonyl (C=S) groups is 1. The zero-order valence-electron chi connectivity index (χ0n) is 16.0. The number of aliphatic imine (C=N–C) groups is 1. The zero-order valence-corrected chi connectivity index (χ0v) is 16.9. The third-order valence-electron chi connectivity index (χ3n) is 2.48. The lowest BCUT2D eigenvalue weighted by Crippen LogP contribution is -2.45. The molecule has 0 aromatic carbocycles. The van der Waals surface area contributed by atoms with Gasteiger partial charge in [-0.3, -0.25) is 0 Å². The van der Waals surface area contributed by atoms with Crippen LogP contribution in [0.4, 0.5) is 9.59 Å². The molecule has 2 amide bonds. The number of methoxy groups -OCH3 is 1. The van der Waals surface area contributed by atoms with Crippen molar-refractivity contribution in [3.63, 3.8) is 0 Å². The highest BCUT2D eigenvalue weighted by molar-refractivity contribution is 7.80. The minimum absolute atomic E-state index is 0.163. The lowest BCUT2D eigenvalue weighted by atomic mass is 10.2. The van der Waals surface area contributed by atoms with Gasteiger partial charge in [-0.25, -0.2) is 14.5 Å². The van der Waals surface area contributed by atoms with Crippen LogP contribution in [0.25, 0.3) is 0 Å². The van der Waals surface area contributed by atoms with Crippen molar-refractivity contribution in [1.82, 2.24) is 4.90 Å². The molecule has 0 bridgehead atoms. The average Bonchev–Trinajstić information content (AvgIpc) is 2.38. The van der Waals surface area contributed by atoms with Crippen molar-refractivity contribution in [2.75, 3.05) is 13.7 Å². The largest absolute Gasteiger partial charge is 0.490 e. The minimum atomic E-state index is -0.883. The highest BCUT2D eigenvalue weighted by atomic mass is 32.1. The predicted octanol–water partition coefficient (Wildman–Crippen LogP) is 3.23. The fourth-order valence-electron chi connectivity index (χ4n) is 1.54. The molecule has 0 atom stereocenters. The molecule has 0 saturated carbocycles. The summed E-state index contributed by atoms with van der Waals surface area (Å²) in [7, 11) is 1.48. The summed E-state index contributed by atoms with van der Waals surface area (Å²) in [5.41, 5.74) is 4.38. The Kier molecular flexibility index (Phi) is 8.82. The lowest BCUT2D eigenvalue weighted by molar-refractivity contribution is 0.0365. The summed E-state index contributed by atoms with van der Waals surface area (Å²) in [5, 5.41) is 0.409. The highest BCUT2D eigenvalue weighted by Gasteiger charge is 2.26. The maximum Gasteiger partial charge on any atom is 0.437 e.